The molecule has 0 atom stereocenters. The van der Waals surface area contributed by atoms with Gasteiger partial charge in [-0.3, -0.25) is 0 Å². The monoisotopic (exact) mass is 325 g/mol. The van der Waals surface area contributed by atoms with Gasteiger partial charge in [-0.1, -0.05) is 29.3 Å². The summed E-state index contributed by atoms with van der Waals surface area (Å²) in [5, 5.41) is 12.0. The standard InChI is InChI=1S/C13H13Cl2N5O/c14-9-2-1-3-10(15)12(9)18-13-17-11(8-16-19-13)20-4-6-21-7-5-20/h1-3,8H,4-7H2,(H,17,18,19). The highest BCUT2D eigenvalue weighted by molar-refractivity contribution is 6.39. The van der Waals surface area contributed by atoms with Crippen LogP contribution in [0.3, 0.4) is 0 Å². The molecule has 0 aliphatic carbocycles. The third kappa shape index (κ3) is 3.34. The lowest BCUT2D eigenvalue weighted by molar-refractivity contribution is 0.122. The SMILES string of the molecule is Clc1cccc(Cl)c1Nc1nncc(N2CCOCC2)n1. The maximum absolute atomic E-state index is 6.12. The van der Waals surface area contributed by atoms with E-state index < -0.39 is 0 Å². The molecule has 0 radical (unpaired) electrons. The fourth-order valence-electron chi connectivity index (χ4n) is 2.02. The number of nitrogens with zero attached hydrogens (tertiary/aromatic N) is 4. The molecule has 0 unspecified atom stereocenters. The third-order valence-electron chi connectivity index (χ3n) is 3.08. The van der Waals surface area contributed by atoms with Gasteiger partial charge in [-0.25, -0.2) is 0 Å². The third-order valence-corrected chi connectivity index (χ3v) is 3.71. The van der Waals surface area contributed by atoms with Gasteiger partial charge < -0.3 is 15.0 Å². The van der Waals surface area contributed by atoms with Crippen LogP contribution in [0.2, 0.25) is 10.0 Å². The number of morpholine rings is 1. The van der Waals surface area contributed by atoms with E-state index in [1.165, 1.54) is 0 Å². The minimum absolute atomic E-state index is 0.356. The molecule has 1 N–H and O–H groups in total. The van der Waals surface area contributed by atoms with Gasteiger partial charge in [0.2, 0.25) is 5.95 Å². The number of nitrogens with one attached hydrogen (secondary N) is 1. The molecular weight excluding hydrogens is 313 g/mol. The predicted octanol–water partition coefficient (Wildman–Crippen LogP) is 2.76. The Hall–Kier alpha value is -1.63. The zero-order valence-electron chi connectivity index (χ0n) is 11.1. The van der Waals surface area contributed by atoms with Crippen molar-refractivity contribution in [3.8, 4) is 0 Å². The number of hydrogen-bond acceptors (Lipinski definition) is 6. The van der Waals surface area contributed by atoms with Gasteiger partial charge in [0.05, 0.1) is 35.1 Å². The summed E-state index contributed by atoms with van der Waals surface area (Å²) in [7, 11) is 0. The van der Waals surface area contributed by atoms with E-state index >= 15 is 0 Å². The average molecular weight is 326 g/mol. The number of para-hydroxylation sites is 1. The molecule has 1 fully saturated rings. The van der Waals surface area contributed by atoms with Gasteiger partial charge >= 0.3 is 0 Å². The van der Waals surface area contributed by atoms with Crippen molar-refractivity contribution in [1.29, 1.82) is 0 Å². The van der Waals surface area contributed by atoms with Gasteiger partial charge in [-0.2, -0.15) is 10.1 Å². The molecule has 1 saturated heterocycles. The minimum atomic E-state index is 0.356. The highest BCUT2D eigenvalue weighted by atomic mass is 35.5. The second kappa shape index (κ2) is 6.43. The first-order valence-corrected chi connectivity index (χ1v) is 7.23. The maximum Gasteiger partial charge on any atom is 0.249 e. The van der Waals surface area contributed by atoms with Gasteiger partial charge in [0.1, 0.15) is 0 Å². The fraction of sp³-hybridized carbons (Fsp3) is 0.308. The second-order valence-electron chi connectivity index (χ2n) is 4.46. The summed E-state index contributed by atoms with van der Waals surface area (Å²) in [4.78, 5) is 6.54. The van der Waals surface area contributed by atoms with Crippen LogP contribution >= 0.6 is 23.2 Å². The van der Waals surface area contributed by atoms with Crippen molar-refractivity contribution in [1.82, 2.24) is 15.2 Å². The smallest absolute Gasteiger partial charge is 0.249 e. The van der Waals surface area contributed by atoms with E-state index in [-0.39, 0.29) is 0 Å². The van der Waals surface area contributed by atoms with E-state index in [1.54, 1.807) is 24.4 Å². The van der Waals surface area contributed by atoms with Crippen LogP contribution in [-0.4, -0.2) is 41.5 Å². The van der Waals surface area contributed by atoms with Crippen molar-refractivity contribution in [2.24, 2.45) is 0 Å². The van der Waals surface area contributed by atoms with Crippen molar-refractivity contribution in [2.45, 2.75) is 0 Å². The molecule has 1 aliphatic heterocycles. The van der Waals surface area contributed by atoms with E-state index in [0.717, 1.165) is 18.9 Å². The molecule has 3 rings (SSSR count). The Morgan fingerprint density at radius 2 is 1.86 bits per heavy atom. The van der Waals surface area contributed by atoms with Crippen LogP contribution < -0.4 is 10.2 Å². The molecule has 110 valence electrons. The van der Waals surface area contributed by atoms with Gasteiger partial charge in [-0.15, -0.1) is 5.10 Å². The van der Waals surface area contributed by atoms with Gasteiger partial charge in [0.25, 0.3) is 0 Å². The summed E-state index contributed by atoms with van der Waals surface area (Å²) in [5.41, 5.74) is 0.571. The van der Waals surface area contributed by atoms with Gasteiger partial charge in [0, 0.05) is 13.1 Å². The molecule has 0 bridgehead atoms. The molecule has 8 heteroatoms. The number of benzene rings is 1. The summed E-state index contributed by atoms with van der Waals surface area (Å²) < 4.78 is 5.32. The first-order chi connectivity index (χ1) is 10.2. The van der Waals surface area contributed by atoms with Crippen molar-refractivity contribution in [3.63, 3.8) is 0 Å². The Morgan fingerprint density at radius 1 is 1.14 bits per heavy atom. The largest absolute Gasteiger partial charge is 0.378 e. The Bertz CT molecular complexity index is 613. The Morgan fingerprint density at radius 3 is 2.57 bits per heavy atom. The molecule has 6 nitrogen and oxygen atoms in total. The van der Waals surface area contributed by atoms with E-state index in [2.05, 4.69) is 25.4 Å². The molecule has 0 spiro atoms. The van der Waals surface area contributed by atoms with Gasteiger partial charge in [0.15, 0.2) is 5.82 Å². The highest BCUT2D eigenvalue weighted by Gasteiger charge is 2.14. The number of ether oxygens (including phenoxy) is 1. The Balaban J connectivity index is 1.83. The van der Waals surface area contributed by atoms with Crippen LogP contribution in [0.5, 0.6) is 0 Å². The highest BCUT2D eigenvalue weighted by Crippen LogP contribution is 2.31. The molecule has 21 heavy (non-hydrogen) atoms. The summed E-state index contributed by atoms with van der Waals surface area (Å²) in [6.07, 6.45) is 1.63. The quantitative estimate of drug-likeness (QED) is 0.936. The van der Waals surface area contributed by atoms with Crippen LogP contribution in [0.25, 0.3) is 0 Å². The van der Waals surface area contributed by atoms with Crippen molar-refractivity contribution in [2.75, 3.05) is 36.5 Å². The first kappa shape index (κ1) is 14.3. The number of anilines is 3. The van der Waals surface area contributed by atoms with Crippen LogP contribution in [0.4, 0.5) is 17.5 Å². The lowest BCUT2D eigenvalue weighted by Crippen LogP contribution is -2.37. The lowest BCUT2D eigenvalue weighted by Gasteiger charge is -2.27. The molecule has 2 heterocycles. The maximum atomic E-state index is 6.12. The summed E-state index contributed by atoms with van der Waals surface area (Å²) in [6, 6.07) is 5.27. The summed E-state index contributed by atoms with van der Waals surface area (Å²) >= 11 is 12.2. The van der Waals surface area contributed by atoms with Crippen LogP contribution in [0.15, 0.2) is 24.4 Å². The Labute approximate surface area is 132 Å². The molecule has 0 saturated carbocycles. The second-order valence-corrected chi connectivity index (χ2v) is 5.27. The molecule has 1 aliphatic rings. The molecule has 1 aromatic carbocycles. The number of hydrogen-bond donors (Lipinski definition) is 1. The predicted molar refractivity (Wildman–Crippen MR) is 82.6 cm³/mol. The van der Waals surface area contributed by atoms with E-state index in [9.17, 15) is 0 Å². The molecule has 0 amide bonds. The zero-order valence-corrected chi connectivity index (χ0v) is 12.6. The normalized spacial score (nSPS) is 15.0. The Kier molecular flexibility index (Phi) is 4.38. The lowest BCUT2D eigenvalue weighted by atomic mass is 10.3. The van der Waals surface area contributed by atoms with E-state index in [4.69, 9.17) is 27.9 Å². The number of aromatic nitrogens is 3. The van der Waals surface area contributed by atoms with E-state index in [1.807, 2.05) is 0 Å². The summed E-state index contributed by atoms with van der Waals surface area (Å²) in [6.45, 7) is 2.93. The average Bonchev–Trinajstić information content (AvgIpc) is 2.52. The van der Waals surface area contributed by atoms with Crippen LogP contribution in [-0.2, 0) is 4.74 Å². The van der Waals surface area contributed by atoms with Crippen LogP contribution in [0.1, 0.15) is 0 Å². The zero-order chi connectivity index (χ0) is 14.7. The molecule has 1 aromatic heterocycles. The van der Waals surface area contributed by atoms with Crippen molar-refractivity contribution < 1.29 is 4.74 Å². The van der Waals surface area contributed by atoms with Crippen molar-refractivity contribution in [3.05, 3.63) is 34.4 Å². The fourth-order valence-corrected chi connectivity index (χ4v) is 2.51. The first-order valence-electron chi connectivity index (χ1n) is 6.47. The van der Waals surface area contributed by atoms with Gasteiger partial charge in [-0.05, 0) is 12.1 Å². The topological polar surface area (TPSA) is 63.2 Å². The van der Waals surface area contributed by atoms with Crippen LogP contribution in [0, 0.1) is 0 Å². The summed E-state index contributed by atoms with van der Waals surface area (Å²) in [5.74, 6) is 1.10. The number of halogens is 2. The molecule has 2 aromatic rings. The minimum Gasteiger partial charge on any atom is -0.378 e. The number of rotatable bonds is 3. The van der Waals surface area contributed by atoms with Crippen molar-refractivity contribution >= 4 is 40.7 Å². The molecular formula is C13H13Cl2N5O. The van der Waals surface area contributed by atoms with E-state index in [0.29, 0.717) is 34.9 Å².